The van der Waals surface area contributed by atoms with Crippen molar-refractivity contribution in [1.29, 1.82) is 0 Å². The predicted octanol–water partition coefficient (Wildman–Crippen LogP) is 1.83. The van der Waals surface area contributed by atoms with Crippen LogP contribution in [0.5, 0.6) is 0 Å². The van der Waals surface area contributed by atoms with Gasteiger partial charge in [0.25, 0.3) is 0 Å². The van der Waals surface area contributed by atoms with Gasteiger partial charge in [0.1, 0.15) is 11.1 Å². The number of carbonyl (C=O) groups is 2. The van der Waals surface area contributed by atoms with Crippen LogP contribution in [0.3, 0.4) is 0 Å². The second-order valence-electron chi connectivity index (χ2n) is 7.10. The average Bonchev–Trinajstić information content (AvgIpc) is 3.07. The summed E-state index contributed by atoms with van der Waals surface area (Å²) >= 11 is 0. The number of amides is 2. The van der Waals surface area contributed by atoms with Crippen molar-refractivity contribution in [2.45, 2.75) is 76.4 Å². The molecule has 0 aromatic rings. The Morgan fingerprint density at radius 2 is 1.63 bits per heavy atom. The molecule has 4 heteroatoms. The van der Waals surface area contributed by atoms with Gasteiger partial charge in [-0.05, 0) is 52.4 Å². The number of hydrogen-bond donors (Lipinski definition) is 1. The minimum Gasteiger partial charge on any atom is -0.340 e. The van der Waals surface area contributed by atoms with Crippen LogP contribution in [0.15, 0.2) is 0 Å². The molecule has 1 N–H and O–H groups in total. The minimum absolute atomic E-state index is 0.00778. The minimum atomic E-state index is -0.708. The fourth-order valence-electron chi connectivity index (χ4n) is 3.78. The van der Waals surface area contributed by atoms with Gasteiger partial charge in [0.05, 0.1) is 0 Å². The maximum atomic E-state index is 13.0. The highest BCUT2D eigenvalue weighted by Gasteiger charge is 2.59. The van der Waals surface area contributed by atoms with Gasteiger partial charge in [-0.1, -0.05) is 12.8 Å². The van der Waals surface area contributed by atoms with Crippen LogP contribution in [0.25, 0.3) is 0 Å². The van der Waals surface area contributed by atoms with Gasteiger partial charge in [-0.3, -0.25) is 9.59 Å². The highest BCUT2D eigenvalue weighted by molar-refractivity contribution is 6.02. The molecule has 3 fully saturated rings. The van der Waals surface area contributed by atoms with Gasteiger partial charge in [0.2, 0.25) is 11.8 Å². The van der Waals surface area contributed by atoms with Gasteiger partial charge in [-0.2, -0.15) is 0 Å². The van der Waals surface area contributed by atoms with Crippen LogP contribution in [0.2, 0.25) is 0 Å². The van der Waals surface area contributed by atoms with E-state index in [1.165, 1.54) is 12.8 Å². The predicted molar refractivity (Wildman–Crippen MR) is 72.5 cm³/mol. The summed E-state index contributed by atoms with van der Waals surface area (Å²) in [5.74, 6) is 0.490. The lowest BCUT2D eigenvalue weighted by Crippen LogP contribution is -2.75. The molecule has 0 bridgehead atoms. The van der Waals surface area contributed by atoms with Crippen molar-refractivity contribution in [1.82, 2.24) is 10.2 Å². The van der Waals surface area contributed by atoms with Crippen LogP contribution in [-0.2, 0) is 9.59 Å². The Balaban J connectivity index is 1.96. The maximum absolute atomic E-state index is 13.0. The standard InChI is InChI=1S/C15H24N2O2/c1-14(2)12(18)16-15(3,10-8-9-10)13(19)17(14)11-6-4-5-7-11/h10-11H,4-9H2,1-3H3,(H,16,18). The summed E-state index contributed by atoms with van der Waals surface area (Å²) in [5.41, 5.74) is -1.37. The van der Waals surface area contributed by atoms with Gasteiger partial charge in [-0.15, -0.1) is 0 Å². The Hall–Kier alpha value is -1.06. The molecule has 0 aromatic heterocycles. The van der Waals surface area contributed by atoms with Crippen molar-refractivity contribution in [3.63, 3.8) is 0 Å². The summed E-state index contributed by atoms with van der Waals surface area (Å²) < 4.78 is 0. The number of hydrogen-bond acceptors (Lipinski definition) is 2. The summed E-state index contributed by atoms with van der Waals surface area (Å²) in [6, 6.07) is 0.256. The van der Waals surface area contributed by atoms with Crippen LogP contribution in [0.4, 0.5) is 0 Å². The molecule has 19 heavy (non-hydrogen) atoms. The van der Waals surface area contributed by atoms with E-state index in [0.29, 0.717) is 5.92 Å². The van der Waals surface area contributed by atoms with E-state index in [1.54, 1.807) is 0 Å². The molecule has 0 radical (unpaired) electrons. The molecular formula is C15H24N2O2. The van der Waals surface area contributed by atoms with E-state index >= 15 is 0 Å². The molecule has 4 nitrogen and oxygen atoms in total. The maximum Gasteiger partial charge on any atom is 0.249 e. The van der Waals surface area contributed by atoms with Gasteiger partial charge >= 0.3 is 0 Å². The molecule has 2 aliphatic carbocycles. The summed E-state index contributed by atoms with van der Waals surface area (Å²) in [6.45, 7) is 5.68. The van der Waals surface area contributed by atoms with E-state index in [1.807, 2.05) is 25.7 Å². The molecule has 1 aliphatic heterocycles. The molecule has 0 spiro atoms. The lowest BCUT2D eigenvalue weighted by molar-refractivity contribution is -0.164. The van der Waals surface area contributed by atoms with Crippen molar-refractivity contribution >= 4 is 11.8 Å². The lowest BCUT2D eigenvalue weighted by Gasteiger charge is -2.51. The van der Waals surface area contributed by atoms with Gasteiger partial charge in [0.15, 0.2) is 0 Å². The first-order valence-corrected chi connectivity index (χ1v) is 7.54. The number of carbonyl (C=O) groups excluding carboxylic acids is 2. The van der Waals surface area contributed by atoms with Crippen molar-refractivity contribution in [3.8, 4) is 0 Å². The Kier molecular flexibility index (Phi) is 2.70. The van der Waals surface area contributed by atoms with Crippen molar-refractivity contribution in [2.75, 3.05) is 0 Å². The first-order chi connectivity index (χ1) is 8.87. The lowest BCUT2D eigenvalue weighted by atomic mass is 9.83. The van der Waals surface area contributed by atoms with Gasteiger partial charge < -0.3 is 10.2 Å². The van der Waals surface area contributed by atoms with E-state index in [0.717, 1.165) is 25.7 Å². The third-order valence-corrected chi connectivity index (χ3v) is 5.28. The SMILES string of the molecule is CC1(C2CC2)NC(=O)C(C)(C)N(C2CCCC2)C1=O. The van der Waals surface area contributed by atoms with Gasteiger partial charge in [0, 0.05) is 6.04 Å². The molecule has 1 heterocycles. The number of rotatable bonds is 2. The van der Waals surface area contributed by atoms with E-state index in [4.69, 9.17) is 0 Å². The fourth-order valence-corrected chi connectivity index (χ4v) is 3.78. The smallest absolute Gasteiger partial charge is 0.249 e. The van der Waals surface area contributed by atoms with Crippen LogP contribution in [-0.4, -0.2) is 33.8 Å². The summed E-state index contributed by atoms with van der Waals surface area (Å²) in [5, 5.41) is 3.02. The molecule has 2 saturated carbocycles. The average molecular weight is 264 g/mol. The Morgan fingerprint density at radius 3 is 2.16 bits per heavy atom. The zero-order valence-corrected chi connectivity index (χ0v) is 12.2. The van der Waals surface area contributed by atoms with Crippen molar-refractivity contribution in [3.05, 3.63) is 0 Å². The topological polar surface area (TPSA) is 49.4 Å². The van der Waals surface area contributed by atoms with Crippen LogP contribution < -0.4 is 5.32 Å². The third kappa shape index (κ3) is 1.79. The molecule has 0 aromatic carbocycles. The highest BCUT2D eigenvalue weighted by Crippen LogP contribution is 2.45. The Morgan fingerprint density at radius 1 is 1.05 bits per heavy atom. The molecular weight excluding hydrogens is 240 g/mol. The monoisotopic (exact) mass is 264 g/mol. The molecule has 3 aliphatic rings. The first kappa shape index (κ1) is 12.9. The Bertz CT molecular complexity index is 422. The molecule has 1 saturated heterocycles. The quantitative estimate of drug-likeness (QED) is 0.827. The summed E-state index contributed by atoms with van der Waals surface area (Å²) in [4.78, 5) is 27.4. The van der Waals surface area contributed by atoms with Crippen LogP contribution in [0.1, 0.15) is 59.3 Å². The number of piperazine rings is 1. The van der Waals surface area contributed by atoms with Gasteiger partial charge in [-0.25, -0.2) is 0 Å². The number of nitrogens with one attached hydrogen (secondary N) is 1. The zero-order chi connectivity index (χ0) is 13.8. The summed E-state index contributed by atoms with van der Waals surface area (Å²) in [7, 11) is 0. The first-order valence-electron chi connectivity index (χ1n) is 7.54. The number of nitrogens with zero attached hydrogens (tertiary/aromatic N) is 1. The molecule has 1 unspecified atom stereocenters. The molecule has 106 valence electrons. The fraction of sp³-hybridized carbons (Fsp3) is 0.867. The molecule has 3 rings (SSSR count). The summed E-state index contributed by atoms with van der Waals surface area (Å²) in [6.07, 6.45) is 6.55. The zero-order valence-electron chi connectivity index (χ0n) is 12.2. The third-order valence-electron chi connectivity index (χ3n) is 5.28. The van der Waals surface area contributed by atoms with E-state index < -0.39 is 11.1 Å². The largest absolute Gasteiger partial charge is 0.340 e. The van der Waals surface area contributed by atoms with E-state index in [-0.39, 0.29) is 17.9 Å². The second-order valence-corrected chi connectivity index (χ2v) is 7.10. The van der Waals surface area contributed by atoms with Crippen molar-refractivity contribution in [2.24, 2.45) is 5.92 Å². The second kappa shape index (κ2) is 3.97. The van der Waals surface area contributed by atoms with E-state index in [2.05, 4.69) is 5.32 Å². The van der Waals surface area contributed by atoms with Crippen LogP contribution in [0, 0.1) is 5.92 Å². The normalized spacial score (nSPS) is 35.6. The van der Waals surface area contributed by atoms with E-state index in [9.17, 15) is 9.59 Å². The van der Waals surface area contributed by atoms with Crippen LogP contribution >= 0.6 is 0 Å². The molecule has 2 amide bonds. The highest BCUT2D eigenvalue weighted by atomic mass is 16.2. The Labute approximate surface area is 114 Å². The molecule has 1 atom stereocenters. The van der Waals surface area contributed by atoms with Crippen molar-refractivity contribution < 1.29 is 9.59 Å².